The SMILES string of the molecule is C#CCCC(C)c1ccc(C(F)(F)F)cc1. The third-order valence-corrected chi connectivity index (χ3v) is 2.53. The highest BCUT2D eigenvalue weighted by Crippen LogP contribution is 2.30. The predicted octanol–water partition coefficient (Wildman–Crippen LogP) is 4.22. The van der Waals surface area contributed by atoms with E-state index < -0.39 is 11.7 Å². The Balaban J connectivity index is 2.76. The topological polar surface area (TPSA) is 0 Å². The minimum atomic E-state index is -4.26. The molecular weight excluding hydrogens is 213 g/mol. The van der Waals surface area contributed by atoms with E-state index in [-0.39, 0.29) is 5.92 Å². The zero-order valence-corrected chi connectivity index (χ0v) is 9.01. The van der Waals surface area contributed by atoms with Crippen molar-refractivity contribution in [2.24, 2.45) is 0 Å². The largest absolute Gasteiger partial charge is 0.416 e. The molecule has 0 amide bonds. The Bertz CT molecular complexity index is 368. The number of terminal acetylenes is 1. The van der Waals surface area contributed by atoms with E-state index in [0.29, 0.717) is 6.42 Å². The van der Waals surface area contributed by atoms with E-state index >= 15 is 0 Å². The van der Waals surface area contributed by atoms with Crippen molar-refractivity contribution in [3.05, 3.63) is 35.4 Å². The van der Waals surface area contributed by atoms with Crippen molar-refractivity contribution in [2.45, 2.75) is 31.9 Å². The van der Waals surface area contributed by atoms with Crippen LogP contribution in [0.25, 0.3) is 0 Å². The fraction of sp³-hybridized carbons (Fsp3) is 0.385. The van der Waals surface area contributed by atoms with Crippen LogP contribution in [-0.4, -0.2) is 0 Å². The number of hydrogen-bond donors (Lipinski definition) is 0. The van der Waals surface area contributed by atoms with E-state index in [0.717, 1.165) is 24.1 Å². The summed E-state index contributed by atoms with van der Waals surface area (Å²) in [6.45, 7) is 1.96. The fourth-order valence-electron chi connectivity index (χ4n) is 1.47. The summed E-state index contributed by atoms with van der Waals surface area (Å²) in [5, 5.41) is 0. The molecule has 86 valence electrons. The molecule has 0 saturated carbocycles. The molecule has 0 nitrogen and oxygen atoms in total. The van der Waals surface area contributed by atoms with Crippen LogP contribution in [0.15, 0.2) is 24.3 Å². The Hall–Kier alpha value is -1.43. The third-order valence-electron chi connectivity index (χ3n) is 2.53. The van der Waals surface area contributed by atoms with Crippen LogP contribution in [0.4, 0.5) is 13.2 Å². The van der Waals surface area contributed by atoms with Crippen molar-refractivity contribution in [3.63, 3.8) is 0 Å². The first kappa shape index (κ1) is 12.6. The fourth-order valence-corrected chi connectivity index (χ4v) is 1.47. The number of hydrogen-bond acceptors (Lipinski definition) is 0. The third kappa shape index (κ3) is 3.30. The minimum Gasteiger partial charge on any atom is -0.166 e. The van der Waals surface area contributed by atoms with Crippen LogP contribution in [0, 0.1) is 12.3 Å². The second-order valence-corrected chi connectivity index (χ2v) is 3.76. The molecule has 0 aliphatic carbocycles. The van der Waals surface area contributed by atoms with Gasteiger partial charge in [0.25, 0.3) is 0 Å². The number of halogens is 3. The van der Waals surface area contributed by atoms with Crippen molar-refractivity contribution in [1.82, 2.24) is 0 Å². The van der Waals surface area contributed by atoms with E-state index in [1.807, 2.05) is 6.92 Å². The lowest BCUT2D eigenvalue weighted by molar-refractivity contribution is -0.137. The van der Waals surface area contributed by atoms with E-state index in [1.165, 1.54) is 12.1 Å². The summed E-state index contributed by atoms with van der Waals surface area (Å²) in [6, 6.07) is 5.26. The van der Waals surface area contributed by atoms with Gasteiger partial charge < -0.3 is 0 Å². The van der Waals surface area contributed by atoms with Crippen LogP contribution in [0.2, 0.25) is 0 Å². The molecule has 0 spiro atoms. The summed E-state index contributed by atoms with van der Waals surface area (Å²) in [6.07, 6.45) is 2.31. The molecule has 0 aromatic heterocycles. The van der Waals surface area contributed by atoms with Crippen LogP contribution < -0.4 is 0 Å². The minimum absolute atomic E-state index is 0.193. The average Bonchev–Trinajstić information content (AvgIpc) is 2.25. The maximum absolute atomic E-state index is 12.3. The van der Waals surface area contributed by atoms with Crippen LogP contribution in [-0.2, 0) is 6.18 Å². The van der Waals surface area contributed by atoms with Crippen molar-refractivity contribution >= 4 is 0 Å². The molecule has 0 radical (unpaired) electrons. The van der Waals surface area contributed by atoms with Gasteiger partial charge in [-0.1, -0.05) is 19.1 Å². The second kappa shape index (κ2) is 5.07. The zero-order valence-electron chi connectivity index (χ0n) is 9.01. The molecule has 16 heavy (non-hydrogen) atoms. The maximum atomic E-state index is 12.3. The van der Waals surface area contributed by atoms with Crippen LogP contribution in [0.1, 0.15) is 36.8 Å². The van der Waals surface area contributed by atoms with Crippen LogP contribution in [0.5, 0.6) is 0 Å². The molecule has 1 rings (SSSR count). The molecule has 1 aromatic carbocycles. The highest BCUT2D eigenvalue weighted by molar-refractivity contribution is 5.26. The van der Waals surface area contributed by atoms with E-state index in [4.69, 9.17) is 6.42 Å². The molecular formula is C13H13F3. The first-order chi connectivity index (χ1) is 7.45. The van der Waals surface area contributed by atoms with Gasteiger partial charge >= 0.3 is 6.18 Å². The number of rotatable bonds is 3. The quantitative estimate of drug-likeness (QED) is 0.677. The second-order valence-electron chi connectivity index (χ2n) is 3.76. The monoisotopic (exact) mass is 226 g/mol. The van der Waals surface area contributed by atoms with Crippen molar-refractivity contribution in [1.29, 1.82) is 0 Å². The van der Waals surface area contributed by atoms with Gasteiger partial charge in [-0.15, -0.1) is 12.3 Å². The van der Waals surface area contributed by atoms with Crippen molar-refractivity contribution in [3.8, 4) is 12.3 Å². The first-order valence-corrected chi connectivity index (χ1v) is 5.05. The van der Waals surface area contributed by atoms with Gasteiger partial charge in [0.2, 0.25) is 0 Å². The van der Waals surface area contributed by atoms with Gasteiger partial charge in [-0.2, -0.15) is 13.2 Å². The molecule has 0 heterocycles. The maximum Gasteiger partial charge on any atom is 0.416 e. The summed E-state index contributed by atoms with van der Waals surface area (Å²) in [4.78, 5) is 0. The Morgan fingerprint density at radius 1 is 1.25 bits per heavy atom. The van der Waals surface area contributed by atoms with Gasteiger partial charge in [0.15, 0.2) is 0 Å². The molecule has 1 unspecified atom stereocenters. The molecule has 0 aliphatic rings. The molecule has 0 saturated heterocycles. The average molecular weight is 226 g/mol. The van der Waals surface area contributed by atoms with Crippen molar-refractivity contribution in [2.75, 3.05) is 0 Å². The lowest BCUT2D eigenvalue weighted by atomic mass is 9.95. The van der Waals surface area contributed by atoms with E-state index in [9.17, 15) is 13.2 Å². The molecule has 1 atom stereocenters. The molecule has 0 fully saturated rings. The first-order valence-electron chi connectivity index (χ1n) is 5.05. The Labute approximate surface area is 93.5 Å². The molecule has 1 aromatic rings. The van der Waals surface area contributed by atoms with Gasteiger partial charge in [0, 0.05) is 6.42 Å². The van der Waals surface area contributed by atoms with Gasteiger partial charge in [-0.25, -0.2) is 0 Å². The summed E-state index contributed by atoms with van der Waals surface area (Å²) < 4.78 is 36.9. The summed E-state index contributed by atoms with van der Waals surface area (Å²) in [5.74, 6) is 2.72. The Morgan fingerprint density at radius 3 is 2.25 bits per heavy atom. The highest BCUT2D eigenvalue weighted by atomic mass is 19.4. The van der Waals surface area contributed by atoms with Crippen LogP contribution >= 0.6 is 0 Å². The molecule has 0 N–H and O–H groups in total. The smallest absolute Gasteiger partial charge is 0.166 e. The van der Waals surface area contributed by atoms with Gasteiger partial charge in [0.05, 0.1) is 5.56 Å². The van der Waals surface area contributed by atoms with Crippen LogP contribution in [0.3, 0.4) is 0 Å². The molecule has 0 bridgehead atoms. The number of alkyl halides is 3. The van der Waals surface area contributed by atoms with Gasteiger partial charge in [0.1, 0.15) is 0 Å². The lowest BCUT2D eigenvalue weighted by Gasteiger charge is -2.12. The summed E-state index contributed by atoms with van der Waals surface area (Å²) >= 11 is 0. The normalized spacial score (nSPS) is 13.2. The molecule has 3 heteroatoms. The summed E-state index contributed by atoms with van der Waals surface area (Å²) in [7, 11) is 0. The summed E-state index contributed by atoms with van der Waals surface area (Å²) in [5.41, 5.74) is 0.281. The van der Waals surface area contributed by atoms with E-state index in [1.54, 1.807) is 0 Å². The van der Waals surface area contributed by atoms with Gasteiger partial charge in [-0.3, -0.25) is 0 Å². The number of benzene rings is 1. The van der Waals surface area contributed by atoms with Crippen molar-refractivity contribution < 1.29 is 13.2 Å². The Morgan fingerprint density at radius 2 is 1.81 bits per heavy atom. The predicted molar refractivity (Wildman–Crippen MR) is 57.9 cm³/mol. The highest BCUT2D eigenvalue weighted by Gasteiger charge is 2.30. The Kier molecular flexibility index (Phi) is 4.00. The standard InChI is InChI=1S/C13H13F3/c1-3-4-5-10(2)11-6-8-12(9-7-11)13(14,15)16/h1,6-10H,4-5H2,2H3. The van der Waals surface area contributed by atoms with Gasteiger partial charge in [-0.05, 0) is 30.0 Å². The molecule has 0 aliphatic heterocycles. The van der Waals surface area contributed by atoms with E-state index in [2.05, 4.69) is 5.92 Å². The zero-order chi connectivity index (χ0) is 12.2. The lowest BCUT2D eigenvalue weighted by Crippen LogP contribution is -2.05.